The summed E-state index contributed by atoms with van der Waals surface area (Å²) in [6, 6.07) is 1.85. The van der Waals surface area contributed by atoms with Crippen LogP contribution in [0.4, 0.5) is 11.6 Å². The Morgan fingerprint density at radius 3 is 2.57 bits per heavy atom. The number of nitrogens with two attached hydrogens (primary N) is 1. The van der Waals surface area contributed by atoms with Gasteiger partial charge in [-0.15, -0.1) is 0 Å². The highest BCUT2D eigenvalue weighted by Gasteiger charge is 2.45. The Labute approximate surface area is 175 Å². The molecule has 0 bridgehead atoms. The van der Waals surface area contributed by atoms with Gasteiger partial charge in [0.2, 0.25) is 0 Å². The Morgan fingerprint density at radius 1 is 1.04 bits per heavy atom. The molecule has 2 N–H and O–H groups in total. The average molecular weight is 416 g/mol. The van der Waals surface area contributed by atoms with E-state index in [-0.39, 0.29) is 0 Å². The molecule has 1 spiro atoms. The minimum absolute atomic E-state index is 0.342. The molecule has 0 amide bonds. The molecule has 7 heteroatoms. The lowest BCUT2D eigenvalue weighted by atomic mass is 9.76. The van der Waals surface area contributed by atoms with E-state index in [2.05, 4.69) is 19.9 Å². The first-order valence-electron chi connectivity index (χ1n) is 10.3. The molecule has 2 aromatic rings. The van der Waals surface area contributed by atoms with Gasteiger partial charge < -0.3 is 10.6 Å². The van der Waals surface area contributed by atoms with Crippen LogP contribution in [0.15, 0.2) is 34.6 Å². The summed E-state index contributed by atoms with van der Waals surface area (Å²) in [5.41, 5.74) is 6.39. The zero-order chi connectivity index (χ0) is 19.1. The van der Waals surface area contributed by atoms with E-state index in [1.54, 1.807) is 6.20 Å². The normalized spacial score (nSPS) is 24.0. The molecule has 5 nitrogen and oxygen atoms in total. The highest BCUT2D eigenvalue weighted by molar-refractivity contribution is 7.99. The average Bonchev–Trinajstić information content (AvgIpc) is 3.49. The van der Waals surface area contributed by atoms with Crippen LogP contribution in [0.1, 0.15) is 44.9 Å². The first kappa shape index (κ1) is 18.5. The Bertz CT molecular complexity index is 846. The zero-order valence-electron chi connectivity index (χ0n) is 16.0. The third-order valence-electron chi connectivity index (χ3n) is 6.89. The molecule has 0 radical (unpaired) electrons. The number of rotatable bonds is 4. The summed E-state index contributed by atoms with van der Waals surface area (Å²) in [7, 11) is 0. The summed E-state index contributed by atoms with van der Waals surface area (Å²) in [4.78, 5) is 16.5. The molecule has 2 saturated carbocycles. The number of nitrogens with zero attached hydrogens (tertiary/aromatic N) is 4. The van der Waals surface area contributed by atoms with Crippen molar-refractivity contribution in [2.24, 2.45) is 17.3 Å². The maximum absolute atomic E-state index is 6.22. The lowest BCUT2D eigenvalue weighted by molar-refractivity contribution is 0.213. The molecule has 3 fully saturated rings. The molecule has 148 valence electrons. The lowest BCUT2D eigenvalue weighted by Gasteiger charge is -2.40. The van der Waals surface area contributed by atoms with E-state index in [1.165, 1.54) is 56.7 Å². The fourth-order valence-electron chi connectivity index (χ4n) is 5.04. The van der Waals surface area contributed by atoms with Gasteiger partial charge in [0.05, 0.1) is 17.4 Å². The highest BCUT2D eigenvalue weighted by Crippen LogP contribution is 2.55. The van der Waals surface area contributed by atoms with Crippen molar-refractivity contribution in [1.82, 2.24) is 15.0 Å². The molecule has 2 aliphatic carbocycles. The number of anilines is 2. The Kier molecular flexibility index (Phi) is 4.87. The van der Waals surface area contributed by atoms with Gasteiger partial charge in [-0.3, -0.25) is 0 Å². The van der Waals surface area contributed by atoms with Crippen LogP contribution in [-0.4, -0.2) is 28.0 Å². The molecular formula is C21H26ClN5S. The van der Waals surface area contributed by atoms with Crippen LogP contribution >= 0.6 is 23.4 Å². The molecule has 1 saturated heterocycles. The van der Waals surface area contributed by atoms with E-state index in [0.29, 0.717) is 16.3 Å². The first-order chi connectivity index (χ1) is 13.6. The van der Waals surface area contributed by atoms with Gasteiger partial charge in [0, 0.05) is 24.2 Å². The standard InChI is InChI=1S/C21H26ClN5S/c22-19-16(4-8-24-20(19)23)28-18-13-25-17(12-26-18)27-9-6-21(7-10-27)5-3-15(11-21)14-1-2-14/h4,8,12-15H,1-3,5-7,9-11H2,(H2,23,24)/t15-/m0/s1. The van der Waals surface area contributed by atoms with Crippen molar-refractivity contribution >= 4 is 35.0 Å². The van der Waals surface area contributed by atoms with E-state index in [1.807, 2.05) is 18.5 Å². The second-order valence-electron chi connectivity index (χ2n) is 8.65. The smallest absolute Gasteiger partial charge is 0.147 e. The maximum atomic E-state index is 6.22. The van der Waals surface area contributed by atoms with Crippen LogP contribution in [0.5, 0.6) is 0 Å². The van der Waals surface area contributed by atoms with Gasteiger partial charge in [-0.05, 0) is 68.3 Å². The predicted octanol–water partition coefficient (Wildman–Crippen LogP) is 5.06. The van der Waals surface area contributed by atoms with Gasteiger partial charge in [0.15, 0.2) is 0 Å². The van der Waals surface area contributed by atoms with Crippen molar-refractivity contribution in [1.29, 1.82) is 0 Å². The zero-order valence-corrected chi connectivity index (χ0v) is 17.6. The molecule has 28 heavy (non-hydrogen) atoms. The summed E-state index contributed by atoms with van der Waals surface area (Å²) in [5.74, 6) is 3.42. The molecule has 3 aliphatic rings. The van der Waals surface area contributed by atoms with Gasteiger partial charge in [-0.25, -0.2) is 15.0 Å². The highest BCUT2D eigenvalue weighted by atomic mass is 35.5. The molecule has 0 unspecified atom stereocenters. The second kappa shape index (κ2) is 7.38. The number of pyridine rings is 1. The summed E-state index contributed by atoms with van der Waals surface area (Å²) >= 11 is 7.69. The van der Waals surface area contributed by atoms with E-state index >= 15 is 0 Å². The second-order valence-corrected chi connectivity index (χ2v) is 10.1. The summed E-state index contributed by atoms with van der Waals surface area (Å²) in [5, 5.41) is 1.29. The minimum atomic E-state index is 0.342. The first-order valence-corrected chi connectivity index (χ1v) is 11.5. The van der Waals surface area contributed by atoms with Crippen LogP contribution in [-0.2, 0) is 0 Å². The largest absolute Gasteiger partial charge is 0.382 e. The van der Waals surface area contributed by atoms with Crippen molar-refractivity contribution in [3.63, 3.8) is 0 Å². The SMILES string of the molecule is Nc1nccc(Sc2cnc(N3CCC4(CC[C@H](C5CC5)C4)CC3)cn2)c1Cl. The summed E-state index contributed by atoms with van der Waals surface area (Å²) < 4.78 is 0. The number of nitrogen functional groups attached to an aromatic ring is 1. The van der Waals surface area contributed by atoms with Gasteiger partial charge in [0.1, 0.15) is 16.7 Å². The number of hydrogen-bond donors (Lipinski definition) is 1. The van der Waals surface area contributed by atoms with Crippen molar-refractivity contribution in [3.8, 4) is 0 Å². The van der Waals surface area contributed by atoms with Crippen LogP contribution in [0, 0.1) is 17.3 Å². The number of aromatic nitrogens is 3. The van der Waals surface area contributed by atoms with Crippen molar-refractivity contribution in [2.45, 2.75) is 54.9 Å². The Hall–Kier alpha value is -1.53. The lowest BCUT2D eigenvalue weighted by Crippen LogP contribution is -2.39. The van der Waals surface area contributed by atoms with E-state index < -0.39 is 0 Å². The molecular weight excluding hydrogens is 390 g/mol. The Morgan fingerprint density at radius 2 is 1.86 bits per heavy atom. The van der Waals surface area contributed by atoms with E-state index in [4.69, 9.17) is 17.3 Å². The maximum Gasteiger partial charge on any atom is 0.147 e. The molecule has 1 aliphatic heterocycles. The number of piperidine rings is 1. The van der Waals surface area contributed by atoms with Crippen molar-refractivity contribution in [2.75, 3.05) is 23.7 Å². The molecule has 1 atom stereocenters. The van der Waals surface area contributed by atoms with E-state index in [9.17, 15) is 0 Å². The van der Waals surface area contributed by atoms with Crippen LogP contribution in [0.3, 0.4) is 0 Å². The topological polar surface area (TPSA) is 67.9 Å². The predicted molar refractivity (Wildman–Crippen MR) is 114 cm³/mol. The molecule has 5 rings (SSSR count). The number of halogens is 1. The van der Waals surface area contributed by atoms with Gasteiger partial charge in [-0.1, -0.05) is 23.4 Å². The Balaban J connectivity index is 1.20. The molecule has 3 heterocycles. The van der Waals surface area contributed by atoms with Gasteiger partial charge in [0.25, 0.3) is 0 Å². The minimum Gasteiger partial charge on any atom is -0.382 e. The quantitative estimate of drug-likeness (QED) is 0.753. The van der Waals surface area contributed by atoms with Crippen LogP contribution in [0.2, 0.25) is 5.02 Å². The van der Waals surface area contributed by atoms with Gasteiger partial charge in [-0.2, -0.15) is 0 Å². The van der Waals surface area contributed by atoms with Gasteiger partial charge >= 0.3 is 0 Å². The van der Waals surface area contributed by atoms with Crippen molar-refractivity contribution in [3.05, 3.63) is 29.7 Å². The third-order valence-corrected chi connectivity index (χ3v) is 8.38. The van der Waals surface area contributed by atoms with Crippen LogP contribution < -0.4 is 10.6 Å². The molecule has 0 aromatic carbocycles. The summed E-state index contributed by atoms with van der Waals surface area (Å²) in [6.45, 7) is 2.20. The fourth-order valence-corrected chi connectivity index (χ4v) is 6.03. The monoisotopic (exact) mass is 415 g/mol. The fraction of sp³-hybridized carbons (Fsp3) is 0.571. The third kappa shape index (κ3) is 3.69. The number of hydrogen-bond acceptors (Lipinski definition) is 6. The summed E-state index contributed by atoms with van der Waals surface area (Å²) in [6.07, 6.45) is 15.4. The molecule has 2 aromatic heterocycles. The van der Waals surface area contributed by atoms with E-state index in [0.717, 1.165) is 40.7 Å². The van der Waals surface area contributed by atoms with Crippen molar-refractivity contribution < 1.29 is 0 Å². The van der Waals surface area contributed by atoms with Crippen LogP contribution in [0.25, 0.3) is 0 Å².